The van der Waals surface area contributed by atoms with Gasteiger partial charge in [-0.05, 0) is 19.8 Å². The van der Waals surface area contributed by atoms with Gasteiger partial charge < -0.3 is 9.67 Å². The molecule has 0 aromatic carbocycles. The van der Waals surface area contributed by atoms with Gasteiger partial charge in [0.2, 0.25) is 0 Å². The van der Waals surface area contributed by atoms with E-state index in [4.69, 9.17) is 5.11 Å². The Kier molecular flexibility index (Phi) is 4.54. The van der Waals surface area contributed by atoms with Crippen LogP contribution in [-0.4, -0.2) is 30.1 Å². The van der Waals surface area contributed by atoms with Crippen LogP contribution >= 0.6 is 7.14 Å². The Bertz CT molecular complexity index is 194. The Morgan fingerprint density at radius 1 is 1.50 bits per heavy atom. The van der Waals surface area contributed by atoms with Gasteiger partial charge in [-0.1, -0.05) is 19.8 Å². The number of hydrogen-bond acceptors (Lipinski definition) is 2. The van der Waals surface area contributed by atoms with E-state index in [2.05, 4.69) is 0 Å². The topological polar surface area (TPSA) is 54.4 Å². The van der Waals surface area contributed by atoms with Crippen LogP contribution in [0.3, 0.4) is 0 Å². The van der Waals surface area contributed by atoms with Crippen molar-refractivity contribution >= 4 is 13.1 Å². The molecule has 0 aliphatic rings. The number of hydrogen-bond donors (Lipinski definition) is 1. The molecule has 0 aromatic heterocycles. The smallest absolute Gasteiger partial charge is 0.313 e. The van der Waals surface area contributed by atoms with Gasteiger partial charge in [0.15, 0.2) is 0 Å². The third kappa shape index (κ3) is 3.91. The lowest BCUT2D eigenvalue weighted by atomic mass is 10.2. The van der Waals surface area contributed by atoms with Crippen LogP contribution in [0.15, 0.2) is 0 Å². The predicted octanol–water partition coefficient (Wildman–Crippen LogP) is 2.25. The first-order valence-electron chi connectivity index (χ1n) is 4.17. The zero-order valence-electron chi connectivity index (χ0n) is 7.91. The molecule has 1 atom stereocenters. The molecule has 1 unspecified atom stereocenters. The average molecular weight is 192 g/mol. The minimum Gasteiger partial charge on any atom is -0.481 e. The molecule has 12 heavy (non-hydrogen) atoms. The summed E-state index contributed by atoms with van der Waals surface area (Å²) in [4.78, 5) is 10.7. The molecule has 0 aliphatic carbocycles. The molecule has 4 heteroatoms. The molecule has 0 amide bonds. The Balaban J connectivity index is 4.25. The molecule has 72 valence electrons. The summed E-state index contributed by atoms with van der Waals surface area (Å²) < 4.78 is 11.5. The van der Waals surface area contributed by atoms with Crippen molar-refractivity contribution in [3.8, 4) is 0 Å². The standard InChI is InChI=1S/C8H17O3P/c1-4-5-6-7(8(9)10)12(2,3)11/h7H,4-6H2,1-3H3,(H,9,10). The molecule has 0 saturated carbocycles. The second-order valence-electron chi connectivity index (χ2n) is 3.43. The summed E-state index contributed by atoms with van der Waals surface area (Å²) in [5, 5.41) is 8.76. The summed E-state index contributed by atoms with van der Waals surface area (Å²) >= 11 is 0. The van der Waals surface area contributed by atoms with Crippen LogP contribution in [0.1, 0.15) is 26.2 Å². The molecular weight excluding hydrogens is 175 g/mol. The number of rotatable bonds is 5. The van der Waals surface area contributed by atoms with Crippen molar-refractivity contribution in [1.29, 1.82) is 0 Å². The van der Waals surface area contributed by atoms with Gasteiger partial charge >= 0.3 is 5.97 Å². The van der Waals surface area contributed by atoms with Crippen LogP contribution in [-0.2, 0) is 9.36 Å². The van der Waals surface area contributed by atoms with Crippen molar-refractivity contribution < 1.29 is 14.5 Å². The Morgan fingerprint density at radius 2 is 2.00 bits per heavy atom. The lowest BCUT2D eigenvalue weighted by molar-refractivity contribution is -0.136. The maximum absolute atomic E-state index is 11.5. The quantitative estimate of drug-likeness (QED) is 0.679. The van der Waals surface area contributed by atoms with Crippen LogP contribution in [0.2, 0.25) is 0 Å². The number of carbonyl (C=O) groups is 1. The summed E-state index contributed by atoms with van der Waals surface area (Å²) in [6, 6.07) is 0. The third-order valence-electron chi connectivity index (χ3n) is 1.87. The summed E-state index contributed by atoms with van der Waals surface area (Å²) in [5.41, 5.74) is -0.641. The molecule has 0 aromatic rings. The highest BCUT2D eigenvalue weighted by Crippen LogP contribution is 2.44. The highest BCUT2D eigenvalue weighted by Gasteiger charge is 2.29. The Hall–Kier alpha value is -0.300. The van der Waals surface area contributed by atoms with Gasteiger partial charge in [0.05, 0.1) is 7.14 Å². The molecular formula is C8H17O3P. The molecule has 0 bridgehead atoms. The van der Waals surface area contributed by atoms with Gasteiger partial charge in [-0.3, -0.25) is 4.79 Å². The van der Waals surface area contributed by atoms with E-state index in [0.29, 0.717) is 6.42 Å². The highest BCUT2D eigenvalue weighted by molar-refractivity contribution is 7.64. The van der Waals surface area contributed by atoms with Crippen molar-refractivity contribution in [2.75, 3.05) is 13.3 Å². The first-order chi connectivity index (χ1) is 5.39. The van der Waals surface area contributed by atoms with Crippen molar-refractivity contribution in [3.63, 3.8) is 0 Å². The fraction of sp³-hybridized carbons (Fsp3) is 0.875. The molecule has 0 rings (SSSR count). The van der Waals surface area contributed by atoms with Gasteiger partial charge in [-0.2, -0.15) is 0 Å². The summed E-state index contributed by atoms with van der Waals surface area (Å²) in [6.07, 6.45) is 2.32. The van der Waals surface area contributed by atoms with Crippen LogP contribution < -0.4 is 0 Å². The lowest BCUT2D eigenvalue weighted by Gasteiger charge is -2.15. The van der Waals surface area contributed by atoms with E-state index in [1.54, 1.807) is 13.3 Å². The SMILES string of the molecule is CCCCC(C(=O)O)P(C)(C)=O. The summed E-state index contributed by atoms with van der Waals surface area (Å²) in [6.45, 7) is 5.08. The van der Waals surface area contributed by atoms with E-state index >= 15 is 0 Å². The number of carboxylic acids is 1. The molecule has 1 N–H and O–H groups in total. The highest BCUT2D eigenvalue weighted by atomic mass is 31.2. The second-order valence-corrected chi connectivity index (χ2v) is 6.92. The first kappa shape index (κ1) is 11.7. The van der Waals surface area contributed by atoms with Crippen LogP contribution in [0.5, 0.6) is 0 Å². The van der Waals surface area contributed by atoms with E-state index in [0.717, 1.165) is 12.8 Å². The molecule has 0 saturated heterocycles. The van der Waals surface area contributed by atoms with Crippen molar-refractivity contribution in [1.82, 2.24) is 0 Å². The van der Waals surface area contributed by atoms with E-state index in [9.17, 15) is 9.36 Å². The maximum Gasteiger partial charge on any atom is 0.313 e. The third-order valence-corrected chi connectivity index (χ3v) is 3.85. The van der Waals surface area contributed by atoms with Crippen molar-refractivity contribution in [2.24, 2.45) is 0 Å². The van der Waals surface area contributed by atoms with Crippen molar-refractivity contribution in [2.45, 2.75) is 31.8 Å². The van der Waals surface area contributed by atoms with Gasteiger partial charge in [0.25, 0.3) is 0 Å². The van der Waals surface area contributed by atoms with Crippen molar-refractivity contribution in [3.05, 3.63) is 0 Å². The summed E-state index contributed by atoms with van der Waals surface area (Å²) in [7, 11) is -2.46. The molecule has 0 spiro atoms. The van der Waals surface area contributed by atoms with Gasteiger partial charge in [0, 0.05) is 0 Å². The van der Waals surface area contributed by atoms with E-state index in [1.165, 1.54) is 0 Å². The largest absolute Gasteiger partial charge is 0.481 e. The molecule has 0 heterocycles. The predicted molar refractivity (Wildman–Crippen MR) is 50.4 cm³/mol. The number of unbranched alkanes of at least 4 members (excludes halogenated alkanes) is 1. The normalized spacial score (nSPS) is 14.2. The Labute approximate surface area is 73.5 Å². The van der Waals surface area contributed by atoms with E-state index < -0.39 is 18.8 Å². The van der Waals surface area contributed by atoms with E-state index in [-0.39, 0.29) is 0 Å². The lowest BCUT2D eigenvalue weighted by Crippen LogP contribution is -2.19. The maximum atomic E-state index is 11.5. The molecule has 0 fully saturated rings. The monoisotopic (exact) mass is 192 g/mol. The van der Waals surface area contributed by atoms with Gasteiger partial charge in [-0.15, -0.1) is 0 Å². The Morgan fingerprint density at radius 3 is 2.25 bits per heavy atom. The zero-order valence-corrected chi connectivity index (χ0v) is 8.80. The summed E-state index contributed by atoms with van der Waals surface area (Å²) in [5.74, 6) is -0.920. The van der Waals surface area contributed by atoms with Gasteiger partial charge in [0.1, 0.15) is 5.66 Å². The molecule has 0 aliphatic heterocycles. The second kappa shape index (κ2) is 4.66. The van der Waals surface area contributed by atoms with E-state index in [1.807, 2.05) is 6.92 Å². The van der Waals surface area contributed by atoms with Crippen LogP contribution in [0, 0.1) is 0 Å². The van der Waals surface area contributed by atoms with Gasteiger partial charge in [-0.25, -0.2) is 0 Å². The first-order valence-corrected chi connectivity index (χ1v) is 6.84. The zero-order chi connectivity index (χ0) is 9.78. The minimum absolute atomic E-state index is 0.538. The van der Waals surface area contributed by atoms with Crippen LogP contribution in [0.4, 0.5) is 0 Å². The fourth-order valence-electron chi connectivity index (χ4n) is 1.10. The molecule has 0 radical (unpaired) electrons. The fourth-order valence-corrected chi connectivity index (χ4v) is 2.43. The van der Waals surface area contributed by atoms with Crippen LogP contribution in [0.25, 0.3) is 0 Å². The average Bonchev–Trinajstić information content (AvgIpc) is 1.84. The molecule has 3 nitrogen and oxygen atoms in total. The number of aliphatic carboxylic acids is 1. The minimum atomic E-state index is -2.46. The number of carboxylic acid groups (broad SMARTS) is 1.